The fraction of sp³-hybridized carbons (Fsp3) is 0.333. The summed E-state index contributed by atoms with van der Waals surface area (Å²) in [6.07, 6.45) is 7.60. The van der Waals surface area contributed by atoms with Gasteiger partial charge in [0.05, 0.1) is 11.2 Å². The van der Waals surface area contributed by atoms with Gasteiger partial charge >= 0.3 is 0 Å². The van der Waals surface area contributed by atoms with Crippen LogP contribution in [0, 0.1) is 20.8 Å². The number of ether oxygens (including phenoxy) is 2. The van der Waals surface area contributed by atoms with Crippen molar-refractivity contribution in [3.63, 3.8) is 0 Å². The van der Waals surface area contributed by atoms with E-state index in [2.05, 4.69) is 99.8 Å². The largest absolute Gasteiger partial charge is 0.469 e. The molecule has 41 heavy (non-hydrogen) atoms. The number of aryl methyl sites for hydroxylation is 3. The molecule has 208 valence electrons. The van der Waals surface area contributed by atoms with E-state index in [1.54, 1.807) is 0 Å². The lowest BCUT2D eigenvalue weighted by Crippen LogP contribution is -2.45. The van der Waals surface area contributed by atoms with Crippen molar-refractivity contribution in [2.45, 2.75) is 77.9 Å². The number of aliphatic imine (C=N–C) groups is 1. The zero-order valence-electron chi connectivity index (χ0n) is 24.6. The molecule has 0 unspecified atom stereocenters. The van der Waals surface area contributed by atoms with Crippen LogP contribution in [-0.2, 0) is 4.74 Å². The number of pyridine rings is 1. The summed E-state index contributed by atoms with van der Waals surface area (Å²) in [6.45, 7) is 10.8. The van der Waals surface area contributed by atoms with Crippen LogP contribution < -0.4 is 4.74 Å². The summed E-state index contributed by atoms with van der Waals surface area (Å²) in [4.78, 5) is 9.97. The molecule has 5 nitrogen and oxygen atoms in total. The summed E-state index contributed by atoms with van der Waals surface area (Å²) in [6, 6.07) is 23.4. The molecule has 2 aromatic heterocycles. The number of aromatic nitrogens is 2. The number of rotatable bonds is 4. The third kappa shape index (κ3) is 4.39. The second-order valence-corrected chi connectivity index (χ2v) is 12.5. The molecule has 2 atom stereocenters. The van der Waals surface area contributed by atoms with Gasteiger partial charge in [-0.3, -0.25) is 4.57 Å². The van der Waals surface area contributed by atoms with Crippen LogP contribution >= 0.6 is 0 Å². The summed E-state index contributed by atoms with van der Waals surface area (Å²) in [5, 5.41) is 2.35. The van der Waals surface area contributed by atoms with Crippen LogP contribution in [0.4, 0.5) is 0 Å². The second kappa shape index (κ2) is 9.47. The molecule has 3 aromatic carbocycles. The first-order chi connectivity index (χ1) is 19.7. The zero-order valence-corrected chi connectivity index (χ0v) is 24.6. The molecular formula is C36H37N3O2. The van der Waals surface area contributed by atoms with E-state index in [4.69, 9.17) is 19.5 Å². The lowest BCUT2D eigenvalue weighted by atomic mass is 9.80. The number of hydrogen-bond donors (Lipinski definition) is 0. The van der Waals surface area contributed by atoms with Gasteiger partial charge in [0, 0.05) is 28.6 Å². The summed E-state index contributed by atoms with van der Waals surface area (Å²) in [7, 11) is 0. The van der Waals surface area contributed by atoms with Crippen molar-refractivity contribution < 1.29 is 9.47 Å². The first kappa shape index (κ1) is 25.8. The Balaban J connectivity index is 1.27. The molecule has 0 bridgehead atoms. The van der Waals surface area contributed by atoms with Crippen LogP contribution in [0.15, 0.2) is 77.9 Å². The number of fused-ring (bicyclic) bond motifs is 4. The topological polar surface area (TPSA) is 48.6 Å². The van der Waals surface area contributed by atoms with Gasteiger partial charge in [-0.15, -0.1) is 0 Å². The molecular weight excluding hydrogens is 506 g/mol. The van der Waals surface area contributed by atoms with Gasteiger partial charge in [0.25, 0.3) is 0 Å². The Hall–Kier alpha value is -4.12. The Bertz CT molecular complexity index is 1850. The van der Waals surface area contributed by atoms with Crippen molar-refractivity contribution in [3.05, 3.63) is 95.2 Å². The molecule has 1 aliphatic carbocycles. The van der Waals surface area contributed by atoms with Gasteiger partial charge in [0.15, 0.2) is 0 Å². The molecule has 1 aliphatic heterocycles. The van der Waals surface area contributed by atoms with E-state index in [0.29, 0.717) is 0 Å². The van der Waals surface area contributed by atoms with Gasteiger partial charge in [-0.25, -0.2) is 9.98 Å². The highest BCUT2D eigenvalue weighted by molar-refractivity contribution is 6.08. The Kier molecular flexibility index (Phi) is 5.97. The molecule has 0 spiro atoms. The molecule has 5 aromatic rings. The van der Waals surface area contributed by atoms with Gasteiger partial charge in [0.1, 0.15) is 28.3 Å². The van der Waals surface area contributed by atoms with E-state index >= 15 is 0 Å². The van der Waals surface area contributed by atoms with Gasteiger partial charge in [-0.1, -0.05) is 24.5 Å². The SMILES string of the molecule is Cc1cc(Oc2cc(C)cc(-n3c4ccc(C)cc4c4cccnc43)c2)cc(C2=N[C@]3(C)CCCCC[C@]3(C)O2)c1. The fourth-order valence-electron chi connectivity index (χ4n) is 6.77. The van der Waals surface area contributed by atoms with Crippen LogP contribution in [-0.4, -0.2) is 26.6 Å². The van der Waals surface area contributed by atoms with Crippen LogP contribution in [0.5, 0.6) is 11.5 Å². The third-order valence-electron chi connectivity index (χ3n) is 9.14. The Labute approximate surface area is 241 Å². The third-order valence-corrected chi connectivity index (χ3v) is 9.14. The average Bonchev–Trinajstić information content (AvgIpc) is 3.33. The minimum atomic E-state index is -0.260. The molecule has 0 saturated heterocycles. The first-order valence-electron chi connectivity index (χ1n) is 14.8. The van der Waals surface area contributed by atoms with Crippen molar-refractivity contribution in [1.82, 2.24) is 9.55 Å². The first-order valence-corrected chi connectivity index (χ1v) is 14.8. The predicted molar refractivity (Wildman–Crippen MR) is 167 cm³/mol. The maximum atomic E-state index is 6.64. The minimum Gasteiger partial charge on any atom is -0.469 e. The van der Waals surface area contributed by atoms with E-state index in [-0.39, 0.29) is 11.1 Å². The van der Waals surface area contributed by atoms with Crippen molar-refractivity contribution in [2.24, 2.45) is 4.99 Å². The van der Waals surface area contributed by atoms with E-state index in [9.17, 15) is 0 Å². The molecule has 1 fully saturated rings. The summed E-state index contributed by atoms with van der Waals surface area (Å²) >= 11 is 0. The fourth-order valence-corrected chi connectivity index (χ4v) is 6.77. The highest BCUT2D eigenvalue weighted by Gasteiger charge is 2.52. The molecule has 2 aliphatic rings. The summed E-state index contributed by atoms with van der Waals surface area (Å²) in [5.41, 5.74) is 7.10. The average molecular weight is 544 g/mol. The predicted octanol–water partition coefficient (Wildman–Crippen LogP) is 9.15. The van der Waals surface area contributed by atoms with Crippen molar-refractivity contribution in [2.75, 3.05) is 0 Å². The normalized spacial score (nSPS) is 22.3. The number of nitrogens with zero attached hydrogens (tertiary/aromatic N) is 3. The second-order valence-electron chi connectivity index (χ2n) is 12.5. The zero-order chi connectivity index (χ0) is 28.4. The van der Waals surface area contributed by atoms with Crippen molar-refractivity contribution in [1.29, 1.82) is 0 Å². The molecule has 5 heteroatoms. The van der Waals surface area contributed by atoms with E-state index in [1.807, 2.05) is 12.3 Å². The van der Waals surface area contributed by atoms with Gasteiger partial charge in [-0.2, -0.15) is 0 Å². The highest BCUT2D eigenvalue weighted by Crippen LogP contribution is 2.46. The summed E-state index contributed by atoms with van der Waals surface area (Å²) in [5.74, 6) is 2.30. The standard InChI is InChI=1S/C36H37N3O2/c1-23-11-12-32-31(20-23)30-10-9-15-37-33(30)39(32)27-17-25(3)19-29(22-27)40-28-18-24(2)16-26(21-28)34-38-35(4)13-7-6-8-14-36(35,5)41-34/h9-12,15-22H,6-8,13-14H2,1-5H3/t35-,36+/m1/s1. The molecule has 0 radical (unpaired) electrons. The van der Waals surface area contributed by atoms with Gasteiger partial charge in [-0.05, 0) is 120 Å². The van der Waals surface area contributed by atoms with E-state index in [0.717, 1.165) is 69.2 Å². The maximum Gasteiger partial charge on any atom is 0.217 e. The smallest absolute Gasteiger partial charge is 0.217 e. The molecule has 7 rings (SSSR count). The van der Waals surface area contributed by atoms with E-state index in [1.165, 1.54) is 30.2 Å². The van der Waals surface area contributed by atoms with Gasteiger partial charge in [0.2, 0.25) is 5.90 Å². The molecule has 3 heterocycles. The van der Waals surface area contributed by atoms with Crippen LogP contribution in [0.1, 0.15) is 68.2 Å². The quantitative estimate of drug-likeness (QED) is 0.227. The minimum absolute atomic E-state index is 0.191. The summed E-state index contributed by atoms with van der Waals surface area (Å²) < 4.78 is 15.4. The Morgan fingerprint density at radius 1 is 0.780 bits per heavy atom. The highest BCUT2D eigenvalue weighted by atomic mass is 16.5. The van der Waals surface area contributed by atoms with Crippen LogP contribution in [0.25, 0.3) is 27.6 Å². The number of hydrogen-bond acceptors (Lipinski definition) is 4. The molecule has 0 N–H and O–H groups in total. The molecule has 1 saturated carbocycles. The lowest BCUT2D eigenvalue weighted by molar-refractivity contribution is 0.0278. The maximum absolute atomic E-state index is 6.64. The van der Waals surface area contributed by atoms with Crippen LogP contribution in [0.2, 0.25) is 0 Å². The lowest BCUT2D eigenvalue weighted by Gasteiger charge is -2.36. The monoisotopic (exact) mass is 543 g/mol. The van der Waals surface area contributed by atoms with Crippen molar-refractivity contribution in [3.8, 4) is 17.2 Å². The van der Waals surface area contributed by atoms with Gasteiger partial charge < -0.3 is 9.47 Å². The van der Waals surface area contributed by atoms with Crippen LogP contribution in [0.3, 0.4) is 0 Å². The Morgan fingerprint density at radius 2 is 1.56 bits per heavy atom. The van der Waals surface area contributed by atoms with E-state index < -0.39 is 0 Å². The number of benzene rings is 3. The Morgan fingerprint density at radius 3 is 2.41 bits per heavy atom. The van der Waals surface area contributed by atoms with Crippen molar-refractivity contribution >= 4 is 27.8 Å². The molecule has 0 amide bonds.